The van der Waals surface area contributed by atoms with Crippen molar-refractivity contribution in [1.29, 1.82) is 0 Å². The van der Waals surface area contributed by atoms with Gasteiger partial charge in [-0.15, -0.1) is 0 Å². The van der Waals surface area contributed by atoms with Crippen molar-refractivity contribution in [1.82, 2.24) is 5.32 Å². The highest BCUT2D eigenvalue weighted by atomic mass is 19.1. The van der Waals surface area contributed by atoms with Crippen LogP contribution in [0.5, 0.6) is 11.5 Å². The second kappa shape index (κ2) is 9.41. The van der Waals surface area contributed by atoms with Gasteiger partial charge in [0.1, 0.15) is 5.82 Å². The molecule has 7 heteroatoms. The van der Waals surface area contributed by atoms with Gasteiger partial charge in [0.25, 0.3) is 5.91 Å². The third kappa shape index (κ3) is 5.77. The van der Waals surface area contributed by atoms with Crippen molar-refractivity contribution in [2.24, 2.45) is 0 Å². The molecule has 0 unspecified atom stereocenters. The lowest BCUT2D eigenvalue weighted by Crippen LogP contribution is -2.28. The Kier molecular flexibility index (Phi) is 6.96. The number of nitrogens with one attached hydrogen (secondary N) is 1. The Morgan fingerprint density at radius 1 is 0.962 bits per heavy atom. The highest BCUT2D eigenvalue weighted by Crippen LogP contribution is 2.27. The van der Waals surface area contributed by atoms with Crippen LogP contribution in [0.3, 0.4) is 0 Å². The lowest BCUT2D eigenvalue weighted by Gasteiger charge is -2.10. The first-order valence-electron chi connectivity index (χ1n) is 7.89. The maximum Gasteiger partial charge on any atom is 0.310 e. The van der Waals surface area contributed by atoms with Gasteiger partial charge in [-0.25, -0.2) is 4.39 Å². The van der Waals surface area contributed by atoms with E-state index in [2.05, 4.69) is 5.32 Å². The van der Waals surface area contributed by atoms with Gasteiger partial charge in [0, 0.05) is 6.54 Å². The molecule has 6 nitrogen and oxygen atoms in total. The van der Waals surface area contributed by atoms with Gasteiger partial charge >= 0.3 is 5.97 Å². The summed E-state index contributed by atoms with van der Waals surface area (Å²) in [5, 5.41) is 2.65. The van der Waals surface area contributed by atoms with Gasteiger partial charge in [0.15, 0.2) is 18.1 Å². The van der Waals surface area contributed by atoms with E-state index < -0.39 is 11.9 Å². The van der Waals surface area contributed by atoms with Crippen molar-refractivity contribution >= 4 is 11.9 Å². The molecule has 1 amide bonds. The van der Waals surface area contributed by atoms with Crippen molar-refractivity contribution in [3.63, 3.8) is 0 Å². The number of esters is 1. The third-order valence-corrected chi connectivity index (χ3v) is 3.56. The summed E-state index contributed by atoms with van der Waals surface area (Å²) in [6.45, 7) is -0.123. The predicted octanol–water partition coefficient (Wildman–Crippen LogP) is 2.25. The number of hydrogen-bond acceptors (Lipinski definition) is 5. The molecule has 0 saturated carbocycles. The number of methoxy groups -OCH3 is 2. The first-order valence-corrected chi connectivity index (χ1v) is 7.89. The summed E-state index contributed by atoms with van der Waals surface area (Å²) in [6, 6.07) is 10.8. The van der Waals surface area contributed by atoms with Crippen LogP contribution in [0, 0.1) is 5.82 Å². The number of benzene rings is 2. The molecule has 0 aliphatic heterocycles. The average molecular weight is 361 g/mol. The van der Waals surface area contributed by atoms with Crippen LogP contribution in [0.25, 0.3) is 0 Å². The number of carbonyl (C=O) groups is 2. The summed E-state index contributed by atoms with van der Waals surface area (Å²) in [5.41, 5.74) is 1.43. The van der Waals surface area contributed by atoms with Crippen LogP contribution in [-0.2, 0) is 27.3 Å². The number of carbonyl (C=O) groups excluding carboxylic acids is 2. The van der Waals surface area contributed by atoms with Crippen LogP contribution < -0.4 is 14.8 Å². The fourth-order valence-corrected chi connectivity index (χ4v) is 2.21. The summed E-state index contributed by atoms with van der Waals surface area (Å²) in [5.74, 6) is -0.205. The number of hydrogen-bond donors (Lipinski definition) is 1. The van der Waals surface area contributed by atoms with Crippen molar-refractivity contribution in [3.8, 4) is 11.5 Å². The largest absolute Gasteiger partial charge is 0.493 e. The van der Waals surface area contributed by atoms with Gasteiger partial charge in [-0.05, 0) is 35.4 Å². The summed E-state index contributed by atoms with van der Waals surface area (Å²) in [4.78, 5) is 23.5. The highest BCUT2D eigenvalue weighted by Gasteiger charge is 2.10. The van der Waals surface area contributed by atoms with E-state index in [9.17, 15) is 14.0 Å². The van der Waals surface area contributed by atoms with E-state index in [1.807, 2.05) is 0 Å². The molecule has 0 heterocycles. The summed E-state index contributed by atoms with van der Waals surface area (Å²) >= 11 is 0. The monoisotopic (exact) mass is 361 g/mol. The number of amides is 1. The highest BCUT2D eigenvalue weighted by molar-refractivity contribution is 5.81. The Morgan fingerprint density at radius 3 is 2.27 bits per heavy atom. The third-order valence-electron chi connectivity index (χ3n) is 3.56. The molecular weight excluding hydrogens is 341 g/mol. The summed E-state index contributed by atoms with van der Waals surface area (Å²) in [6.07, 6.45) is -0.0246. The van der Waals surface area contributed by atoms with Crippen LogP contribution in [-0.4, -0.2) is 32.7 Å². The minimum absolute atomic E-state index is 0.0246. The Morgan fingerprint density at radius 2 is 1.62 bits per heavy atom. The van der Waals surface area contributed by atoms with Gasteiger partial charge in [0.05, 0.1) is 20.6 Å². The first-order chi connectivity index (χ1) is 12.5. The quantitative estimate of drug-likeness (QED) is 0.730. The molecule has 0 aliphatic rings. The lowest BCUT2D eigenvalue weighted by atomic mass is 10.1. The molecular formula is C19H20FNO5. The molecule has 0 bridgehead atoms. The molecule has 2 aromatic carbocycles. The van der Waals surface area contributed by atoms with Gasteiger partial charge in [0.2, 0.25) is 0 Å². The molecule has 1 N–H and O–H groups in total. The van der Waals surface area contributed by atoms with Crippen LogP contribution in [0.1, 0.15) is 11.1 Å². The zero-order valence-electron chi connectivity index (χ0n) is 14.6. The molecule has 0 saturated heterocycles. The first kappa shape index (κ1) is 19.2. The van der Waals surface area contributed by atoms with Gasteiger partial charge in [-0.2, -0.15) is 0 Å². The van der Waals surface area contributed by atoms with E-state index in [1.165, 1.54) is 31.4 Å². The predicted molar refractivity (Wildman–Crippen MR) is 92.5 cm³/mol. The fourth-order valence-electron chi connectivity index (χ4n) is 2.21. The smallest absolute Gasteiger partial charge is 0.310 e. The minimum atomic E-state index is -0.558. The lowest BCUT2D eigenvalue weighted by molar-refractivity contribution is -0.147. The molecule has 2 aromatic rings. The van der Waals surface area contributed by atoms with E-state index in [-0.39, 0.29) is 25.4 Å². The van der Waals surface area contributed by atoms with E-state index in [0.717, 1.165) is 5.56 Å². The van der Waals surface area contributed by atoms with E-state index in [0.29, 0.717) is 17.1 Å². The average Bonchev–Trinajstić information content (AvgIpc) is 2.66. The minimum Gasteiger partial charge on any atom is -0.493 e. The van der Waals surface area contributed by atoms with Gasteiger partial charge in [-0.3, -0.25) is 9.59 Å². The summed E-state index contributed by atoms with van der Waals surface area (Å²) in [7, 11) is 3.07. The Balaban J connectivity index is 1.76. The van der Waals surface area contributed by atoms with Gasteiger partial charge in [-0.1, -0.05) is 18.2 Å². The van der Waals surface area contributed by atoms with Crippen molar-refractivity contribution in [3.05, 3.63) is 59.4 Å². The number of halogens is 1. The van der Waals surface area contributed by atoms with Crippen LogP contribution in [0.4, 0.5) is 4.39 Å². The topological polar surface area (TPSA) is 73.9 Å². The van der Waals surface area contributed by atoms with Crippen LogP contribution >= 0.6 is 0 Å². The normalized spacial score (nSPS) is 10.1. The Hall–Kier alpha value is -3.09. The van der Waals surface area contributed by atoms with Crippen molar-refractivity contribution in [2.75, 3.05) is 20.8 Å². The molecule has 0 radical (unpaired) electrons. The second-order valence-electron chi connectivity index (χ2n) is 5.43. The SMILES string of the molecule is COc1ccc(CNC(=O)COC(=O)Cc2ccc(F)cc2)cc1OC. The van der Waals surface area contributed by atoms with E-state index in [1.54, 1.807) is 25.3 Å². The zero-order chi connectivity index (χ0) is 18.9. The molecule has 138 valence electrons. The van der Waals surface area contributed by atoms with Gasteiger partial charge < -0.3 is 19.5 Å². The maximum absolute atomic E-state index is 12.8. The molecule has 0 fully saturated rings. The standard InChI is InChI=1S/C19H20FNO5/c1-24-16-8-5-14(9-17(16)25-2)11-21-18(22)12-26-19(23)10-13-3-6-15(20)7-4-13/h3-9H,10-12H2,1-2H3,(H,21,22). The maximum atomic E-state index is 12.8. The molecule has 0 spiro atoms. The van der Waals surface area contributed by atoms with E-state index in [4.69, 9.17) is 14.2 Å². The molecule has 26 heavy (non-hydrogen) atoms. The Labute approximate surface area is 150 Å². The van der Waals surface area contributed by atoms with Crippen LogP contribution in [0.15, 0.2) is 42.5 Å². The second-order valence-corrected chi connectivity index (χ2v) is 5.43. The van der Waals surface area contributed by atoms with E-state index >= 15 is 0 Å². The molecule has 0 atom stereocenters. The number of rotatable bonds is 8. The van der Waals surface area contributed by atoms with Crippen LogP contribution in [0.2, 0.25) is 0 Å². The van der Waals surface area contributed by atoms with Crippen molar-refractivity contribution < 1.29 is 28.2 Å². The van der Waals surface area contributed by atoms with Crippen molar-refractivity contribution in [2.45, 2.75) is 13.0 Å². The number of ether oxygens (including phenoxy) is 3. The Bertz CT molecular complexity index is 761. The molecule has 0 aliphatic carbocycles. The summed E-state index contributed by atoms with van der Waals surface area (Å²) < 4.78 is 28.1. The zero-order valence-corrected chi connectivity index (χ0v) is 14.6. The fraction of sp³-hybridized carbons (Fsp3) is 0.263. The molecule has 2 rings (SSSR count). The molecule has 0 aromatic heterocycles.